The van der Waals surface area contributed by atoms with Crippen LogP contribution in [-0.4, -0.2) is 11.0 Å². The van der Waals surface area contributed by atoms with Crippen LogP contribution in [0.3, 0.4) is 0 Å². The second kappa shape index (κ2) is 8.02. The summed E-state index contributed by atoms with van der Waals surface area (Å²) in [6, 6.07) is 14.4. The summed E-state index contributed by atoms with van der Waals surface area (Å²) in [6.45, 7) is 6.07. The van der Waals surface area contributed by atoms with Gasteiger partial charge in [0.25, 0.3) is 5.91 Å². The predicted octanol–water partition coefficient (Wildman–Crippen LogP) is 4.28. The van der Waals surface area contributed by atoms with E-state index in [2.05, 4.69) is 24.5 Å². The Kier molecular flexibility index (Phi) is 5.80. The summed E-state index contributed by atoms with van der Waals surface area (Å²) in [6.07, 6.45) is 1.28. The van der Waals surface area contributed by atoms with E-state index >= 15 is 0 Å². The van der Waals surface area contributed by atoms with E-state index < -0.39 is 5.91 Å². The Bertz CT molecular complexity index is 831. The fourth-order valence-corrected chi connectivity index (χ4v) is 2.21. The van der Waals surface area contributed by atoms with Crippen LogP contribution in [0.2, 0.25) is 0 Å². The van der Waals surface area contributed by atoms with Crippen molar-refractivity contribution in [3.8, 4) is 11.8 Å². The number of carbonyl (C=O) groups is 1. The fourth-order valence-electron chi connectivity index (χ4n) is 2.21. The van der Waals surface area contributed by atoms with E-state index in [1.165, 1.54) is 11.8 Å². The minimum Gasteiger partial charge on any atom is -0.506 e. The molecule has 0 aliphatic heterocycles. The molecule has 0 aliphatic rings. The van der Waals surface area contributed by atoms with Crippen molar-refractivity contribution >= 4 is 17.3 Å². The molecule has 0 heterocycles. The van der Waals surface area contributed by atoms with Gasteiger partial charge in [0.2, 0.25) is 0 Å². The lowest BCUT2D eigenvalue weighted by molar-refractivity contribution is -0.112. The van der Waals surface area contributed by atoms with Crippen molar-refractivity contribution in [2.24, 2.45) is 0 Å². The van der Waals surface area contributed by atoms with E-state index in [4.69, 9.17) is 0 Å². The molecule has 0 unspecified atom stereocenters. The molecule has 0 radical (unpaired) electrons. The maximum Gasteiger partial charge on any atom is 0.267 e. The Balaban J connectivity index is 2.10. The van der Waals surface area contributed by atoms with Gasteiger partial charge in [-0.25, -0.2) is 0 Å². The van der Waals surface area contributed by atoms with Crippen LogP contribution in [0.5, 0.6) is 5.75 Å². The van der Waals surface area contributed by atoms with Crippen LogP contribution in [0.1, 0.15) is 30.9 Å². The Morgan fingerprint density at radius 3 is 2.48 bits per heavy atom. The van der Waals surface area contributed by atoms with Crippen LogP contribution in [0.4, 0.5) is 11.4 Å². The molecule has 0 aromatic heterocycles. The SMILES string of the molecule is Cc1ccc(O)c(N/C=C(/C#N)C(=O)Nc2ccc(C(C)C)cc2)c1. The number of hydrogen-bond donors (Lipinski definition) is 3. The first-order valence-electron chi connectivity index (χ1n) is 7.98. The quantitative estimate of drug-likeness (QED) is 0.432. The third-order valence-corrected chi connectivity index (χ3v) is 3.72. The van der Waals surface area contributed by atoms with Crippen molar-refractivity contribution in [1.29, 1.82) is 5.26 Å². The molecule has 3 N–H and O–H groups in total. The molecule has 128 valence electrons. The molecule has 0 spiro atoms. The van der Waals surface area contributed by atoms with Crippen molar-refractivity contribution in [3.63, 3.8) is 0 Å². The lowest BCUT2D eigenvalue weighted by Crippen LogP contribution is -2.14. The van der Waals surface area contributed by atoms with Crippen molar-refractivity contribution < 1.29 is 9.90 Å². The molecule has 2 aromatic rings. The number of nitrogens with one attached hydrogen (secondary N) is 2. The molecule has 2 aromatic carbocycles. The Hall–Kier alpha value is -3.26. The minimum absolute atomic E-state index is 0.0452. The van der Waals surface area contributed by atoms with Gasteiger partial charge < -0.3 is 15.7 Å². The standard InChI is InChI=1S/C20H21N3O2/c1-13(2)15-5-7-17(8-6-15)23-20(25)16(11-21)12-22-18-10-14(3)4-9-19(18)24/h4-10,12-13,22,24H,1-3H3,(H,23,25)/b16-12-. The minimum atomic E-state index is -0.514. The Morgan fingerprint density at radius 1 is 1.20 bits per heavy atom. The molecule has 1 amide bonds. The van der Waals surface area contributed by atoms with Crippen LogP contribution in [0.15, 0.2) is 54.2 Å². The monoisotopic (exact) mass is 335 g/mol. The summed E-state index contributed by atoms with van der Waals surface area (Å²) >= 11 is 0. The first-order chi connectivity index (χ1) is 11.9. The summed E-state index contributed by atoms with van der Waals surface area (Å²) < 4.78 is 0. The number of rotatable bonds is 5. The van der Waals surface area contributed by atoms with Gasteiger partial charge in [0.15, 0.2) is 0 Å². The fraction of sp³-hybridized carbons (Fsp3) is 0.200. The zero-order valence-electron chi connectivity index (χ0n) is 14.5. The molecule has 0 atom stereocenters. The van der Waals surface area contributed by atoms with Crippen LogP contribution in [0, 0.1) is 18.3 Å². The molecule has 0 aliphatic carbocycles. The maximum atomic E-state index is 12.2. The van der Waals surface area contributed by atoms with E-state index in [0.717, 1.165) is 5.56 Å². The smallest absolute Gasteiger partial charge is 0.267 e. The third kappa shape index (κ3) is 4.85. The number of amides is 1. The Labute approximate surface area is 147 Å². The van der Waals surface area contributed by atoms with E-state index in [-0.39, 0.29) is 11.3 Å². The third-order valence-electron chi connectivity index (χ3n) is 3.72. The summed E-state index contributed by atoms with van der Waals surface area (Å²) in [5.74, 6) is -0.0613. The zero-order valence-corrected chi connectivity index (χ0v) is 14.5. The van der Waals surface area contributed by atoms with Crippen LogP contribution in [0.25, 0.3) is 0 Å². The first kappa shape index (κ1) is 18.1. The molecule has 5 heteroatoms. The zero-order chi connectivity index (χ0) is 18.4. The van der Waals surface area contributed by atoms with Gasteiger partial charge in [-0.05, 0) is 48.2 Å². The maximum absolute atomic E-state index is 12.2. The number of phenols is 1. The van der Waals surface area contributed by atoms with Crippen LogP contribution < -0.4 is 10.6 Å². The number of aryl methyl sites for hydroxylation is 1. The van der Waals surface area contributed by atoms with Gasteiger partial charge >= 0.3 is 0 Å². The van der Waals surface area contributed by atoms with Gasteiger partial charge in [-0.2, -0.15) is 5.26 Å². The number of aromatic hydroxyl groups is 1. The summed E-state index contributed by atoms with van der Waals surface area (Å²) in [5, 5.41) is 24.5. The van der Waals surface area contributed by atoms with Crippen molar-refractivity contribution in [2.75, 3.05) is 10.6 Å². The predicted molar refractivity (Wildman–Crippen MR) is 99.3 cm³/mol. The van der Waals surface area contributed by atoms with Gasteiger partial charge in [0.05, 0.1) is 5.69 Å². The molecule has 0 saturated carbocycles. The lowest BCUT2D eigenvalue weighted by Gasteiger charge is -2.09. The molecule has 5 nitrogen and oxygen atoms in total. The van der Waals surface area contributed by atoms with Gasteiger partial charge in [-0.3, -0.25) is 4.79 Å². The second-order valence-electron chi connectivity index (χ2n) is 6.07. The van der Waals surface area contributed by atoms with E-state index in [1.807, 2.05) is 37.3 Å². The highest BCUT2D eigenvalue weighted by molar-refractivity contribution is 6.06. The van der Waals surface area contributed by atoms with Crippen LogP contribution >= 0.6 is 0 Å². The largest absolute Gasteiger partial charge is 0.506 e. The topological polar surface area (TPSA) is 85.2 Å². The molecule has 0 fully saturated rings. The van der Waals surface area contributed by atoms with E-state index in [1.54, 1.807) is 18.2 Å². The summed E-state index contributed by atoms with van der Waals surface area (Å²) in [7, 11) is 0. The highest BCUT2D eigenvalue weighted by Gasteiger charge is 2.10. The molecular formula is C20H21N3O2. The number of anilines is 2. The highest BCUT2D eigenvalue weighted by atomic mass is 16.3. The Morgan fingerprint density at radius 2 is 1.88 bits per heavy atom. The number of hydrogen-bond acceptors (Lipinski definition) is 4. The average Bonchev–Trinajstić information content (AvgIpc) is 2.58. The number of carbonyl (C=O) groups excluding carboxylic acids is 1. The molecule has 0 saturated heterocycles. The highest BCUT2D eigenvalue weighted by Crippen LogP contribution is 2.24. The molecular weight excluding hydrogens is 314 g/mol. The van der Waals surface area contributed by atoms with E-state index in [9.17, 15) is 15.2 Å². The summed E-state index contributed by atoms with van der Waals surface area (Å²) in [4.78, 5) is 12.2. The van der Waals surface area contributed by atoms with Crippen molar-refractivity contribution in [1.82, 2.24) is 0 Å². The van der Waals surface area contributed by atoms with E-state index in [0.29, 0.717) is 17.3 Å². The van der Waals surface area contributed by atoms with Gasteiger partial charge in [0, 0.05) is 11.9 Å². The number of benzene rings is 2. The molecule has 0 bridgehead atoms. The number of phenolic OH excluding ortho intramolecular Hbond substituents is 1. The summed E-state index contributed by atoms with van der Waals surface area (Å²) in [5.41, 5.74) is 3.08. The second-order valence-corrected chi connectivity index (χ2v) is 6.07. The molecule has 25 heavy (non-hydrogen) atoms. The molecule has 2 rings (SSSR count). The van der Waals surface area contributed by atoms with Crippen molar-refractivity contribution in [3.05, 3.63) is 65.4 Å². The lowest BCUT2D eigenvalue weighted by atomic mass is 10.0. The van der Waals surface area contributed by atoms with Crippen molar-refractivity contribution in [2.45, 2.75) is 26.7 Å². The average molecular weight is 335 g/mol. The van der Waals surface area contributed by atoms with Gasteiger partial charge in [-0.1, -0.05) is 32.0 Å². The van der Waals surface area contributed by atoms with Crippen LogP contribution in [-0.2, 0) is 4.79 Å². The number of nitrogens with zero attached hydrogens (tertiary/aromatic N) is 1. The number of nitriles is 1. The normalized spacial score (nSPS) is 11.1. The van der Waals surface area contributed by atoms with Gasteiger partial charge in [0.1, 0.15) is 17.4 Å². The first-order valence-corrected chi connectivity index (χ1v) is 7.98. The van der Waals surface area contributed by atoms with Gasteiger partial charge in [-0.15, -0.1) is 0 Å².